The van der Waals surface area contributed by atoms with Gasteiger partial charge in [-0.15, -0.1) is 6.58 Å². The van der Waals surface area contributed by atoms with Crippen LogP contribution in [-0.4, -0.2) is 29.8 Å². The molecule has 108 valence electrons. The van der Waals surface area contributed by atoms with E-state index in [4.69, 9.17) is 4.74 Å². The maximum absolute atomic E-state index is 13.9. The van der Waals surface area contributed by atoms with Gasteiger partial charge in [-0.3, -0.25) is 0 Å². The van der Waals surface area contributed by atoms with Gasteiger partial charge in [0.05, 0.1) is 6.04 Å². The van der Waals surface area contributed by atoms with Crippen LogP contribution in [0.4, 0.5) is 9.18 Å². The molecule has 1 saturated heterocycles. The molecule has 0 aliphatic carbocycles. The van der Waals surface area contributed by atoms with E-state index in [0.717, 1.165) is 5.56 Å². The van der Waals surface area contributed by atoms with Crippen molar-refractivity contribution in [2.24, 2.45) is 0 Å². The van der Waals surface area contributed by atoms with Crippen LogP contribution in [-0.2, 0) is 11.3 Å². The molecule has 0 radical (unpaired) electrons. The summed E-state index contributed by atoms with van der Waals surface area (Å²) in [5.74, 6) is 0. The standard InChI is InChI=1S/C16H20FNO2/c1-2-7-15-14(17)10-6-11-18(15)16(19)20-12-13-8-4-3-5-9-13/h2-5,8-9,14-15H,1,6-7,10-12H2/t14-,15+/m1/s1. The fourth-order valence-corrected chi connectivity index (χ4v) is 2.48. The first kappa shape index (κ1) is 14.6. The van der Waals surface area contributed by atoms with Crippen molar-refractivity contribution in [3.63, 3.8) is 0 Å². The Balaban J connectivity index is 1.94. The number of nitrogens with zero attached hydrogens (tertiary/aromatic N) is 1. The highest BCUT2D eigenvalue weighted by molar-refractivity contribution is 5.68. The molecule has 2 atom stereocenters. The van der Waals surface area contributed by atoms with Gasteiger partial charge >= 0.3 is 6.09 Å². The minimum Gasteiger partial charge on any atom is -0.445 e. The lowest BCUT2D eigenvalue weighted by Gasteiger charge is -2.36. The maximum Gasteiger partial charge on any atom is 0.410 e. The number of carbonyl (C=O) groups excluding carboxylic acids is 1. The minimum atomic E-state index is -0.994. The number of alkyl halides is 1. The van der Waals surface area contributed by atoms with E-state index in [1.807, 2.05) is 30.3 Å². The van der Waals surface area contributed by atoms with Gasteiger partial charge in [0.15, 0.2) is 0 Å². The van der Waals surface area contributed by atoms with Gasteiger partial charge in [-0.1, -0.05) is 36.4 Å². The smallest absolute Gasteiger partial charge is 0.410 e. The van der Waals surface area contributed by atoms with Crippen LogP contribution in [0.1, 0.15) is 24.8 Å². The molecule has 1 amide bonds. The molecule has 0 spiro atoms. The number of halogens is 1. The second-order valence-electron chi connectivity index (χ2n) is 4.98. The summed E-state index contributed by atoms with van der Waals surface area (Å²) >= 11 is 0. The topological polar surface area (TPSA) is 29.5 Å². The Hall–Kier alpha value is -1.84. The zero-order valence-electron chi connectivity index (χ0n) is 11.5. The van der Waals surface area contributed by atoms with Crippen LogP contribution in [0.25, 0.3) is 0 Å². The van der Waals surface area contributed by atoms with Gasteiger partial charge in [-0.2, -0.15) is 0 Å². The molecule has 0 aromatic heterocycles. The predicted octanol–water partition coefficient (Wildman–Crippen LogP) is 3.70. The van der Waals surface area contributed by atoms with Gasteiger partial charge < -0.3 is 9.64 Å². The van der Waals surface area contributed by atoms with E-state index < -0.39 is 18.3 Å². The average Bonchev–Trinajstić information content (AvgIpc) is 2.48. The average molecular weight is 277 g/mol. The second-order valence-corrected chi connectivity index (χ2v) is 4.98. The van der Waals surface area contributed by atoms with Crippen LogP contribution in [0.15, 0.2) is 43.0 Å². The van der Waals surface area contributed by atoms with Crippen molar-refractivity contribution >= 4 is 6.09 Å². The summed E-state index contributed by atoms with van der Waals surface area (Å²) in [6.07, 6.45) is 1.85. The second kappa shape index (κ2) is 7.08. The van der Waals surface area contributed by atoms with Gasteiger partial charge in [-0.05, 0) is 24.8 Å². The Morgan fingerprint density at radius 3 is 2.90 bits per heavy atom. The van der Waals surface area contributed by atoms with E-state index in [2.05, 4.69) is 6.58 Å². The lowest BCUT2D eigenvalue weighted by Crippen LogP contribution is -2.49. The van der Waals surface area contributed by atoms with E-state index in [1.165, 1.54) is 4.90 Å². The third kappa shape index (κ3) is 3.59. The fraction of sp³-hybridized carbons (Fsp3) is 0.438. The molecule has 4 heteroatoms. The molecule has 1 aliphatic rings. The Labute approximate surface area is 119 Å². The molecule has 20 heavy (non-hydrogen) atoms. The summed E-state index contributed by atoms with van der Waals surface area (Å²) in [5, 5.41) is 0. The van der Waals surface area contributed by atoms with Crippen molar-refractivity contribution in [2.75, 3.05) is 6.54 Å². The van der Waals surface area contributed by atoms with E-state index >= 15 is 0 Å². The molecular weight excluding hydrogens is 257 g/mol. The Morgan fingerprint density at radius 1 is 1.45 bits per heavy atom. The first-order valence-electron chi connectivity index (χ1n) is 6.94. The number of rotatable bonds is 4. The van der Waals surface area contributed by atoms with Crippen molar-refractivity contribution in [3.05, 3.63) is 48.6 Å². The summed E-state index contributed by atoms with van der Waals surface area (Å²) in [6.45, 7) is 4.40. The summed E-state index contributed by atoms with van der Waals surface area (Å²) in [7, 11) is 0. The SMILES string of the molecule is C=CC[C@H]1[C@H](F)CCCN1C(=O)OCc1ccccc1. The van der Waals surface area contributed by atoms with E-state index in [-0.39, 0.29) is 6.61 Å². The molecule has 0 N–H and O–H groups in total. The quantitative estimate of drug-likeness (QED) is 0.785. The molecule has 1 aromatic rings. The van der Waals surface area contributed by atoms with Crippen molar-refractivity contribution in [2.45, 2.75) is 38.1 Å². The molecule has 3 nitrogen and oxygen atoms in total. The summed E-state index contributed by atoms with van der Waals surface area (Å²) < 4.78 is 19.2. The number of ether oxygens (including phenoxy) is 1. The molecule has 1 aliphatic heterocycles. The van der Waals surface area contributed by atoms with E-state index in [0.29, 0.717) is 25.8 Å². The third-order valence-corrected chi connectivity index (χ3v) is 3.54. The Bertz CT molecular complexity index is 449. The van der Waals surface area contributed by atoms with Crippen LogP contribution in [0, 0.1) is 0 Å². The zero-order chi connectivity index (χ0) is 14.4. The molecule has 0 unspecified atom stereocenters. The van der Waals surface area contributed by atoms with Crippen molar-refractivity contribution in [1.29, 1.82) is 0 Å². The predicted molar refractivity (Wildman–Crippen MR) is 76.1 cm³/mol. The van der Waals surface area contributed by atoms with Gasteiger partial charge in [0.25, 0.3) is 0 Å². The van der Waals surface area contributed by atoms with Gasteiger partial charge in [0.1, 0.15) is 12.8 Å². The third-order valence-electron chi connectivity index (χ3n) is 3.54. The summed E-state index contributed by atoms with van der Waals surface area (Å²) in [4.78, 5) is 13.6. The van der Waals surface area contributed by atoms with E-state index in [1.54, 1.807) is 6.08 Å². The Morgan fingerprint density at radius 2 is 2.20 bits per heavy atom. The summed E-state index contributed by atoms with van der Waals surface area (Å²) in [5.41, 5.74) is 0.926. The molecule has 0 bridgehead atoms. The number of piperidine rings is 1. The number of benzene rings is 1. The van der Waals surface area contributed by atoms with Crippen molar-refractivity contribution < 1.29 is 13.9 Å². The lowest BCUT2D eigenvalue weighted by molar-refractivity contribution is 0.0380. The van der Waals surface area contributed by atoms with E-state index in [9.17, 15) is 9.18 Å². The van der Waals surface area contributed by atoms with Gasteiger partial charge in [-0.25, -0.2) is 9.18 Å². The molecule has 1 heterocycles. The highest BCUT2D eigenvalue weighted by Crippen LogP contribution is 2.24. The monoisotopic (exact) mass is 277 g/mol. The number of likely N-dealkylation sites (tertiary alicyclic amines) is 1. The first-order chi connectivity index (χ1) is 9.72. The highest BCUT2D eigenvalue weighted by Gasteiger charge is 2.34. The van der Waals surface area contributed by atoms with Gasteiger partial charge in [0, 0.05) is 6.54 Å². The molecular formula is C16H20FNO2. The van der Waals surface area contributed by atoms with Crippen LogP contribution in [0.5, 0.6) is 0 Å². The first-order valence-corrected chi connectivity index (χ1v) is 6.94. The minimum absolute atomic E-state index is 0.216. The number of amides is 1. The zero-order valence-corrected chi connectivity index (χ0v) is 11.5. The van der Waals surface area contributed by atoms with Crippen molar-refractivity contribution in [1.82, 2.24) is 4.90 Å². The molecule has 0 saturated carbocycles. The van der Waals surface area contributed by atoms with Crippen molar-refractivity contribution in [3.8, 4) is 0 Å². The molecule has 1 fully saturated rings. The van der Waals surface area contributed by atoms with Crippen LogP contribution < -0.4 is 0 Å². The fourth-order valence-electron chi connectivity index (χ4n) is 2.48. The number of carbonyl (C=O) groups is 1. The Kier molecular flexibility index (Phi) is 5.16. The molecule has 1 aromatic carbocycles. The maximum atomic E-state index is 13.9. The summed E-state index contributed by atoms with van der Waals surface area (Å²) in [6, 6.07) is 9.03. The number of hydrogen-bond donors (Lipinski definition) is 0. The lowest BCUT2D eigenvalue weighted by atomic mass is 9.98. The molecule has 2 rings (SSSR count). The van der Waals surface area contributed by atoms with Gasteiger partial charge in [0.2, 0.25) is 0 Å². The number of hydrogen-bond acceptors (Lipinski definition) is 2. The van der Waals surface area contributed by atoms with Crippen LogP contribution in [0.3, 0.4) is 0 Å². The van der Waals surface area contributed by atoms with Crippen LogP contribution in [0.2, 0.25) is 0 Å². The van der Waals surface area contributed by atoms with Crippen LogP contribution >= 0.6 is 0 Å². The largest absolute Gasteiger partial charge is 0.445 e. The normalized spacial score (nSPS) is 22.4. The highest BCUT2D eigenvalue weighted by atomic mass is 19.1.